The molecule has 5 heteroatoms. The number of halogens is 1. The SMILES string of the molecule is CNCC(CC1CCCCC1)NC(=O)c1cc(Cc2cccc(Cl)c2)cc(OC)c1. The molecular formula is C25H33ClN2O2. The summed E-state index contributed by atoms with van der Waals surface area (Å²) in [5.41, 5.74) is 2.77. The molecule has 1 fully saturated rings. The van der Waals surface area contributed by atoms with Crippen LogP contribution in [0.15, 0.2) is 42.5 Å². The van der Waals surface area contributed by atoms with Crippen molar-refractivity contribution in [1.29, 1.82) is 0 Å². The second-order valence-electron chi connectivity index (χ2n) is 8.34. The predicted molar refractivity (Wildman–Crippen MR) is 124 cm³/mol. The van der Waals surface area contributed by atoms with E-state index < -0.39 is 0 Å². The molecule has 0 heterocycles. The Hall–Kier alpha value is -2.04. The van der Waals surface area contributed by atoms with Crippen LogP contribution in [0.1, 0.15) is 60.0 Å². The van der Waals surface area contributed by atoms with Gasteiger partial charge in [0.05, 0.1) is 7.11 Å². The van der Waals surface area contributed by atoms with Gasteiger partial charge in [-0.15, -0.1) is 0 Å². The number of rotatable bonds is 9. The molecule has 1 atom stereocenters. The Bertz CT molecular complexity index is 834. The summed E-state index contributed by atoms with van der Waals surface area (Å²) in [4.78, 5) is 13.1. The lowest BCUT2D eigenvalue weighted by Gasteiger charge is -2.27. The van der Waals surface area contributed by atoms with Crippen LogP contribution in [-0.4, -0.2) is 32.7 Å². The van der Waals surface area contributed by atoms with Gasteiger partial charge in [0.1, 0.15) is 5.75 Å². The molecule has 0 radical (unpaired) electrons. The lowest BCUT2D eigenvalue weighted by Crippen LogP contribution is -2.42. The second kappa shape index (κ2) is 11.4. The fourth-order valence-corrected chi connectivity index (χ4v) is 4.64. The zero-order valence-electron chi connectivity index (χ0n) is 18.0. The third kappa shape index (κ3) is 6.75. The van der Waals surface area contributed by atoms with Crippen LogP contribution in [0.2, 0.25) is 5.02 Å². The van der Waals surface area contributed by atoms with Crippen LogP contribution in [0.25, 0.3) is 0 Å². The fourth-order valence-electron chi connectivity index (χ4n) is 4.43. The third-order valence-corrected chi connectivity index (χ3v) is 6.12. The molecule has 4 nitrogen and oxygen atoms in total. The van der Waals surface area contributed by atoms with E-state index in [4.69, 9.17) is 16.3 Å². The summed E-state index contributed by atoms with van der Waals surface area (Å²) in [6.45, 7) is 0.779. The number of methoxy groups -OCH3 is 1. The van der Waals surface area contributed by atoms with Crippen molar-refractivity contribution in [2.45, 2.75) is 51.0 Å². The van der Waals surface area contributed by atoms with E-state index in [0.29, 0.717) is 28.7 Å². The minimum atomic E-state index is -0.0442. The Morgan fingerprint density at radius 2 is 1.93 bits per heavy atom. The van der Waals surface area contributed by atoms with E-state index in [1.54, 1.807) is 7.11 Å². The van der Waals surface area contributed by atoms with Crippen LogP contribution in [0.3, 0.4) is 0 Å². The van der Waals surface area contributed by atoms with E-state index in [1.807, 2.05) is 49.5 Å². The van der Waals surface area contributed by atoms with Crippen molar-refractivity contribution in [2.75, 3.05) is 20.7 Å². The second-order valence-corrected chi connectivity index (χ2v) is 8.78. The van der Waals surface area contributed by atoms with Gasteiger partial charge in [-0.3, -0.25) is 4.79 Å². The predicted octanol–water partition coefficient (Wildman–Crippen LogP) is 5.23. The smallest absolute Gasteiger partial charge is 0.251 e. The summed E-state index contributed by atoms with van der Waals surface area (Å²) in [5, 5.41) is 7.20. The van der Waals surface area contributed by atoms with Gasteiger partial charge in [-0.05, 0) is 67.3 Å². The quantitative estimate of drug-likeness (QED) is 0.575. The van der Waals surface area contributed by atoms with E-state index in [2.05, 4.69) is 10.6 Å². The number of ether oxygens (including phenoxy) is 1. The Labute approximate surface area is 185 Å². The summed E-state index contributed by atoms with van der Waals surface area (Å²) in [7, 11) is 3.57. The normalized spacial score (nSPS) is 15.6. The Morgan fingerprint density at radius 1 is 1.13 bits per heavy atom. The van der Waals surface area contributed by atoms with Crippen molar-refractivity contribution >= 4 is 17.5 Å². The molecule has 2 aromatic carbocycles. The Morgan fingerprint density at radius 3 is 2.63 bits per heavy atom. The fraction of sp³-hybridized carbons (Fsp3) is 0.480. The summed E-state index contributed by atoms with van der Waals surface area (Å²) in [5.74, 6) is 1.36. The first-order chi connectivity index (χ1) is 14.6. The number of benzene rings is 2. The molecule has 0 aliphatic heterocycles. The van der Waals surface area contributed by atoms with E-state index in [1.165, 1.54) is 32.1 Å². The van der Waals surface area contributed by atoms with Gasteiger partial charge in [0.15, 0.2) is 0 Å². The molecule has 162 valence electrons. The molecule has 0 saturated heterocycles. The van der Waals surface area contributed by atoms with Gasteiger partial charge in [0.25, 0.3) is 5.91 Å². The number of amides is 1. The average molecular weight is 429 g/mol. The zero-order valence-corrected chi connectivity index (χ0v) is 18.8. The van der Waals surface area contributed by atoms with E-state index in [9.17, 15) is 4.79 Å². The molecule has 0 aromatic heterocycles. The Balaban J connectivity index is 1.72. The third-order valence-electron chi connectivity index (χ3n) is 5.89. The highest BCUT2D eigenvalue weighted by Crippen LogP contribution is 2.27. The molecule has 2 aromatic rings. The molecule has 1 unspecified atom stereocenters. The molecule has 3 rings (SSSR count). The highest BCUT2D eigenvalue weighted by atomic mass is 35.5. The maximum Gasteiger partial charge on any atom is 0.251 e. The van der Waals surface area contributed by atoms with Crippen molar-refractivity contribution < 1.29 is 9.53 Å². The molecule has 1 aliphatic carbocycles. The molecule has 1 saturated carbocycles. The van der Waals surface area contributed by atoms with E-state index >= 15 is 0 Å². The van der Waals surface area contributed by atoms with Gasteiger partial charge in [-0.1, -0.05) is 55.8 Å². The molecule has 2 N–H and O–H groups in total. The molecule has 0 spiro atoms. The summed E-state index contributed by atoms with van der Waals surface area (Å²) in [6, 6.07) is 13.7. The number of carbonyl (C=O) groups is 1. The van der Waals surface area contributed by atoms with Crippen molar-refractivity contribution in [3.63, 3.8) is 0 Å². The summed E-state index contributed by atoms with van der Waals surface area (Å²) in [6.07, 6.45) is 8.25. The number of likely N-dealkylation sites (N-methyl/N-ethyl adjacent to an activating group) is 1. The monoisotopic (exact) mass is 428 g/mol. The summed E-state index contributed by atoms with van der Waals surface area (Å²) < 4.78 is 5.46. The maximum absolute atomic E-state index is 13.1. The first-order valence-electron chi connectivity index (χ1n) is 10.9. The van der Waals surface area contributed by atoms with Crippen LogP contribution in [0.5, 0.6) is 5.75 Å². The van der Waals surface area contributed by atoms with Gasteiger partial charge < -0.3 is 15.4 Å². The van der Waals surface area contributed by atoms with Gasteiger partial charge in [0, 0.05) is 23.2 Å². The highest BCUT2D eigenvalue weighted by Gasteiger charge is 2.21. The average Bonchev–Trinajstić information content (AvgIpc) is 2.74. The zero-order chi connectivity index (χ0) is 21.3. The van der Waals surface area contributed by atoms with Crippen LogP contribution in [0, 0.1) is 5.92 Å². The number of hydrogen-bond acceptors (Lipinski definition) is 3. The van der Waals surface area contributed by atoms with Crippen molar-refractivity contribution in [3.8, 4) is 5.75 Å². The Kier molecular flexibility index (Phi) is 8.59. The standard InChI is InChI=1S/C25H33ClN2O2/c1-27-17-23(14-18-7-4-3-5-8-18)28-25(29)21-12-20(15-24(16-21)30-2)11-19-9-6-10-22(26)13-19/h6,9-10,12-13,15-16,18,23,27H,3-5,7-8,11,14,17H2,1-2H3,(H,28,29). The molecule has 1 amide bonds. The van der Waals surface area contributed by atoms with Crippen molar-refractivity contribution in [3.05, 3.63) is 64.2 Å². The lowest BCUT2D eigenvalue weighted by molar-refractivity contribution is 0.0928. The summed E-state index contributed by atoms with van der Waals surface area (Å²) >= 11 is 6.12. The molecular weight excluding hydrogens is 396 g/mol. The largest absolute Gasteiger partial charge is 0.497 e. The number of hydrogen-bond donors (Lipinski definition) is 2. The van der Waals surface area contributed by atoms with Gasteiger partial charge >= 0.3 is 0 Å². The highest BCUT2D eigenvalue weighted by molar-refractivity contribution is 6.30. The van der Waals surface area contributed by atoms with Crippen LogP contribution >= 0.6 is 11.6 Å². The first kappa shape index (κ1) is 22.6. The van der Waals surface area contributed by atoms with Gasteiger partial charge in [-0.2, -0.15) is 0 Å². The van der Waals surface area contributed by atoms with Crippen molar-refractivity contribution in [2.24, 2.45) is 5.92 Å². The van der Waals surface area contributed by atoms with Gasteiger partial charge in [-0.25, -0.2) is 0 Å². The van der Waals surface area contributed by atoms with Crippen LogP contribution in [0.4, 0.5) is 0 Å². The van der Waals surface area contributed by atoms with Gasteiger partial charge in [0.2, 0.25) is 0 Å². The van der Waals surface area contributed by atoms with E-state index in [-0.39, 0.29) is 11.9 Å². The van der Waals surface area contributed by atoms with Crippen LogP contribution < -0.4 is 15.4 Å². The number of nitrogens with one attached hydrogen (secondary N) is 2. The molecule has 30 heavy (non-hydrogen) atoms. The molecule has 0 bridgehead atoms. The van der Waals surface area contributed by atoms with Crippen LogP contribution in [-0.2, 0) is 6.42 Å². The minimum Gasteiger partial charge on any atom is -0.497 e. The first-order valence-corrected chi connectivity index (χ1v) is 11.3. The topological polar surface area (TPSA) is 50.4 Å². The van der Waals surface area contributed by atoms with E-state index in [0.717, 1.165) is 24.1 Å². The molecule has 1 aliphatic rings. The minimum absolute atomic E-state index is 0.0442. The lowest BCUT2D eigenvalue weighted by atomic mass is 9.84. The maximum atomic E-state index is 13.1. The number of carbonyl (C=O) groups excluding carboxylic acids is 1. The van der Waals surface area contributed by atoms with Crippen molar-refractivity contribution in [1.82, 2.24) is 10.6 Å².